The zero-order chi connectivity index (χ0) is 15.6. The predicted molar refractivity (Wildman–Crippen MR) is 68.9 cm³/mol. The van der Waals surface area contributed by atoms with Crippen molar-refractivity contribution >= 4 is 21.5 Å². The van der Waals surface area contributed by atoms with Crippen LogP contribution in [0.1, 0.15) is 24.5 Å². The standard InChI is InChI=1S/C12H14F3NO3S/c1-8(17)3-4-9-5-10(12(13,14)15)7-11(6-9)16-20(2,18)19/h5-7,16H,3-4H2,1-2H3. The maximum Gasteiger partial charge on any atom is 0.416 e. The summed E-state index contributed by atoms with van der Waals surface area (Å²) in [7, 11) is -3.67. The van der Waals surface area contributed by atoms with Crippen molar-refractivity contribution in [2.24, 2.45) is 0 Å². The lowest BCUT2D eigenvalue weighted by molar-refractivity contribution is -0.137. The van der Waals surface area contributed by atoms with Crippen LogP contribution in [0.3, 0.4) is 0 Å². The first kappa shape index (κ1) is 16.5. The summed E-state index contributed by atoms with van der Waals surface area (Å²) < 4.78 is 62.4. The van der Waals surface area contributed by atoms with Crippen LogP contribution in [0.5, 0.6) is 0 Å². The Morgan fingerprint density at radius 2 is 1.85 bits per heavy atom. The molecule has 0 saturated heterocycles. The van der Waals surface area contributed by atoms with Gasteiger partial charge in [-0.15, -0.1) is 0 Å². The molecule has 1 N–H and O–H groups in total. The Labute approximate surface area is 115 Å². The minimum Gasteiger partial charge on any atom is -0.300 e. The molecule has 0 fully saturated rings. The molecule has 1 aromatic rings. The van der Waals surface area contributed by atoms with Crippen LogP contribution >= 0.6 is 0 Å². The average Bonchev–Trinajstić information content (AvgIpc) is 2.22. The third-order valence-electron chi connectivity index (χ3n) is 2.39. The number of sulfonamides is 1. The highest BCUT2D eigenvalue weighted by atomic mass is 32.2. The molecule has 0 spiro atoms. The van der Waals surface area contributed by atoms with Crippen molar-refractivity contribution in [2.75, 3.05) is 11.0 Å². The van der Waals surface area contributed by atoms with E-state index < -0.39 is 21.8 Å². The van der Waals surface area contributed by atoms with E-state index in [9.17, 15) is 26.4 Å². The number of hydrogen-bond acceptors (Lipinski definition) is 3. The number of hydrogen-bond donors (Lipinski definition) is 1. The summed E-state index contributed by atoms with van der Waals surface area (Å²) in [6.45, 7) is 1.34. The topological polar surface area (TPSA) is 63.2 Å². The fourth-order valence-corrected chi connectivity index (χ4v) is 2.14. The van der Waals surface area contributed by atoms with Gasteiger partial charge in [-0.3, -0.25) is 4.72 Å². The largest absolute Gasteiger partial charge is 0.416 e. The smallest absolute Gasteiger partial charge is 0.300 e. The Balaban J connectivity index is 3.17. The van der Waals surface area contributed by atoms with Crippen molar-refractivity contribution in [1.29, 1.82) is 0 Å². The van der Waals surface area contributed by atoms with Gasteiger partial charge in [0.2, 0.25) is 10.0 Å². The van der Waals surface area contributed by atoms with Gasteiger partial charge in [-0.05, 0) is 37.1 Å². The van der Waals surface area contributed by atoms with E-state index in [4.69, 9.17) is 0 Å². The molecule has 0 aliphatic heterocycles. The lowest BCUT2D eigenvalue weighted by Crippen LogP contribution is -2.12. The molecule has 0 heterocycles. The molecule has 0 unspecified atom stereocenters. The zero-order valence-electron chi connectivity index (χ0n) is 10.9. The summed E-state index contributed by atoms with van der Waals surface area (Å²) >= 11 is 0. The second-order valence-corrected chi connectivity index (χ2v) is 6.24. The van der Waals surface area contributed by atoms with Crippen molar-refractivity contribution in [1.82, 2.24) is 0 Å². The van der Waals surface area contributed by atoms with Gasteiger partial charge >= 0.3 is 6.18 Å². The quantitative estimate of drug-likeness (QED) is 0.909. The van der Waals surface area contributed by atoms with Crippen LogP contribution in [-0.2, 0) is 27.4 Å². The summed E-state index contributed by atoms with van der Waals surface area (Å²) in [5.74, 6) is -0.153. The van der Waals surface area contributed by atoms with Gasteiger partial charge in [-0.1, -0.05) is 0 Å². The molecule has 0 atom stereocenters. The molecule has 20 heavy (non-hydrogen) atoms. The predicted octanol–water partition coefficient (Wildman–Crippen LogP) is 2.60. The van der Waals surface area contributed by atoms with Crippen molar-refractivity contribution < 1.29 is 26.4 Å². The van der Waals surface area contributed by atoms with Crippen LogP contribution in [0.2, 0.25) is 0 Å². The first-order valence-corrected chi connectivity index (χ1v) is 7.55. The van der Waals surface area contributed by atoms with E-state index in [0.29, 0.717) is 0 Å². The van der Waals surface area contributed by atoms with E-state index in [0.717, 1.165) is 18.4 Å². The molecular weight excluding hydrogens is 295 g/mol. The maximum absolute atomic E-state index is 12.7. The molecular formula is C12H14F3NO3S. The molecule has 1 aromatic carbocycles. The number of carbonyl (C=O) groups is 1. The van der Waals surface area contributed by atoms with E-state index in [1.807, 2.05) is 4.72 Å². The number of rotatable bonds is 5. The maximum atomic E-state index is 12.7. The van der Waals surface area contributed by atoms with Crippen LogP contribution in [0.15, 0.2) is 18.2 Å². The van der Waals surface area contributed by atoms with Gasteiger partial charge in [0.25, 0.3) is 0 Å². The van der Waals surface area contributed by atoms with Gasteiger partial charge in [-0.2, -0.15) is 13.2 Å². The first-order valence-electron chi connectivity index (χ1n) is 5.66. The Bertz CT molecular complexity index is 609. The molecule has 0 bridgehead atoms. The Kier molecular flexibility index (Phi) is 4.80. The fourth-order valence-electron chi connectivity index (χ4n) is 1.59. The molecule has 0 aliphatic rings. The molecule has 0 saturated carbocycles. The molecule has 112 valence electrons. The third-order valence-corrected chi connectivity index (χ3v) is 3.00. The Hall–Kier alpha value is -1.57. The van der Waals surface area contributed by atoms with E-state index >= 15 is 0 Å². The zero-order valence-corrected chi connectivity index (χ0v) is 11.7. The molecule has 0 amide bonds. The highest BCUT2D eigenvalue weighted by Crippen LogP contribution is 2.32. The van der Waals surface area contributed by atoms with Crippen molar-refractivity contribution in [3.05, 3.63) is 29.3 Å². The van der Waals surface area contributed by atoms with Crippen LogP contribution in [0.4, 0.5) is 18.9 Å². The first-order chi connectivity index (χ1) is 8.97. The summed E-state index contributed by atoms with van der Waals surface area (Å²) in [4.78, 5) is 10.9. The average molecular weight is 309 g/mol. The highest BCUT2D eigenvalue weighted by molar-refractivity contribution is 7.92. The number of benzene rings is 1. The Morgan fingerprint density at radius 3 is 2.30 bits per heavy atom. The van der Waals surface area contributed by atoms with Gasteiger partial charge in [-0.25, -0.2) is 8.42 Å². The summed E-state index contributed by atoms with van der Waals surface area (Å²) in [6, 6.07) is 2.92. The van der Waals surface area contributed by atoms with Crippen LogP contribution in [0, 0.1) is 0 Å². The van der Waals surface area contributed by atoms with E-state index in [1.165, 1.54) is 13.0 Å². The molecule has 0 radical (unpaired) electrons. The Morgan fingerprint density at radius 1 is 1.25 bits per heavy atom. The van der Waals surface area contributed by atoms with E-state index in [1.54, 1.807) is 0 Å². The molecule has 1 rings (SSSR count). The lowest BCUT2D eigenvalue weighted by atomic mass is 10.0. The minimum atomic E-state index is -4.58. The summed E-state index contributed by atoms with van der Waals surface area (Å²) in [5, 5.41) is 0. The summed E-state index contributed by atoms with van der Waals surface area (Å²) in [6.07, 6.45) is -3.51. The highest BCUT2D eigenvalue weighted by Gasteiger charge is 2.31. The fraction of sp³-hybridized carbons (Fsp3) is 0.417. The monoisotopic (exact) mass is 309 g/mol. The molecule has 4 nitrogen and oxygen atoms in total. The van der Waals surface area contributed by atoms with Crippen molar-refractivity contribution in [3.63, 3.8) is 0 Å². The number of nitrogens with one attached hydrogen (secondary N) is 1. The molecule has 0 aliphatic carbocycles. The summed E-state index contributed by atoms with van der Waals surface area (Å²) in [5.41, 5.74) is -0.869. The van der Waals surface area contributed by atoms with Crippen LogP contribution in [0.25, 0.3) is 0 Å². The van der Waals surface area contributed by atoms with Crippen molar-refractivity contribution in [2.45, 2.75) is 25.9 Å². The van der Waals surface area contributed by atoms with Gasteiger partial charge in [0.05, 0.1) is 11.8 Å². The molecule has 0 aromatic heterocycles. The van der Waals surface area contributed by atoms with Gasteiger partial charge in [0.1, 0.15) is 5.78 Å². The third kappa shape index (κ3) is 5.60. The van der Waals surface area contributed by atoms with Crippen molar-refractivity contribution in [3.8, 4) is 0 Å². The number of anilines is 1. The number of aryl methyl sites for hydroxylation is 1. The van der Waals surface area contributed by atoms with Gasteiger partial charge < -0.3 is 4.79 Å². The number of alkyl halides is 3. The number of Topliss-reactive ketones (excluding diaryl/α,β-unsaturated/α-hetero) is 1. The SMILES string of the molecule is CC(=O)CCc1cc(NS(C)(=O)=O)cc(C(F)(F)F)c1. The second kappa shape index (κ2) is 5.82. The minimum absolute atomic E-state index is 0.0969. The second-order valence-electron chi connectivity index (χ2n) is 4.49. The van der Waals surface area contributed by atoms with Crippen LogP contribution in [-0.4, -0.2) is 20.5 Å². The number of halogens is 3. The van der Waals surface area contributed by atoms with E-state index in [-0.39, 0.29) is 29.9 Å². The number of carbonyl (C=O) groups excluding carboxylic acids is 1. The normalized spacial score (nSPS) is 12.2. The van der Waals surface area contributed by atoms with Gasteiger partial charge in [0.15, 0.2) is 0 Å². The lowest BCUT2D eigenvalue weighted by Gasteiger charge is -2.12. The molecule has 8 heteroatoms. The van der Waals surface area contributed by atoms with E-state index in [2.05, 4.69) is 0 Å². The van der Waals surface area contributed by atoms with Gasteiger partial charge in [0, 0.05) is 12.1 Å². The number of ketones is 1. The van der Waals surface area contributed by atoms with Crippen LogP contribution < -0.4 is 4.72 Å².